The molecule has 15 rings (SSSR count). The van der Waals surface area contributed by atoms with E-state index in [-0.39, 0.29) is 26.5 Å². The van der Waals surface area contributed by atoms with Crippen molar-refractivity contribution < 1.29 is 25.8 Å². The summed E-state index contributed by atoms with van der Waals surface area (Å²) in [6.07, 6.45) is 3.77. The molecule has 2 aliphatic heterocycles. The summed E-state index contributed by atoms with van der Waals surface area (Å²) >= 11 is 0. The standard InChI is InChI=1S/C69H47N6O.Pt/c1-69(2,3)46-37-39-70-63(40-46)74-59-35-36-60-64(54-26-11-10-24-52(54)55-29-16-30-56-53-25-12-13-31-58(53)75(60)67(55)56)65(59)57-34-33-49(42-62(57)74)76-48-23-14-22-47(41-48)72-43-73(61-32-17-38-71-68(61)72)66-50(44-18-6-4-7-19-44)27-15-28-51(66)45-20-8-5-9-21-45;/h4-40,43H,1-3H3;/q-3;. The Bertz CT molecular complexity index is 4420. The van der Waals surface area contributed by atoms with Crippen LogP contribution in [-0.4, -0.2) is 19.1 Å². The largest absolute Gasteiger partial charge is 0.509 e. The minimum atomic E-state index is -0.104. The van der Waals surface area contributed by atoms with Crippen molar-refractivity contribution in [1.82, 2.24) is 19.1 Å². The Hall–Kier alpha value is -9.03. The summed E-state index contributed by atoms with van der Waals surface area (Å²) < 4.78 is 11.6. The van der Waals surface area contributed by atoms with E-state index in [1.54, 1.807) is 0 Å². The molecular formula is C69H47N6OPt-3. The average Bonchev–Trinajstić information content (AvgIpc) is 4.29. The maximum Gasteiger partial charge on any atom is 0.135 e. The Kier molecular flexibility index (Phi) is 10.9. The normalized spacial score (nSPS) is 12.7. The fourth-order valence-corrected chi connectivity index (χ4v) is 11.8. The van der Waals surface area contributed by atoms with Gasteiger partial charge in [-0.3, -0.25) is 0 Å². The molecule has 0 N–H and O–H groups in total. The van der Waals surface area contributed by atoms with Gasteiger partial charge in [0, 0.05) is 89.2 Å². The molecule has 77 heavy (non-hydrogen) atoms. The van der Waals surface area contributed by atoms with E-state index in [2.05, 4.69) is 247 Å². The fourth-order valence-electron chi connectivity index (χ4n) is 11.8. The van der Waals surface area contributed by atoms with Crippen molar-refractivity contribution in [2.45, 2.75) is 26.2 Å². The van der Waals surface area contributed by atoms with Crippen LogP contribution in [0.15, 0.2) is 225 Å². The van der Waals surface area contributed by atoms with Crippen LogP contribution in [0.1, 0.15) is 26.3 Å². The molecule has 0 radical (unpaired) electrons. The van der Waals surface area contributed by atoms with Gasteiger partial charge in [0.1, 0.15) is 11.6 Å². The number of anilines is 4. The molecule has 6 heterocycles. The Labute approximate surface area is 461 Å². The van der Waals surface area contributed by atoms with Gasteiger partial charge >= 0.3 is 0 Å². The van der Waals surface area contributed by atoms with Gasteiger partial charge in [0.05, 0.1) is 22.4 Å². The number of nitrogens with zero attached hydrogens (tertiary/aromatic N) is 6. The summed E-state index contributed by atoms with van der Waals surface area (Å²) in [7, 11) is 0. The van der Waals surface area contributed by atoms with Gasteiger partial charge < -0.3 is 23.7 Å². The van der Waals surface area contributed by atoms with Gasteiger partial charge in [-0.1, -0.05) is 172 Å². The third-order valence-corrected chi connectivity index (χ3v) is 15.2. The van der Waals surface area contributed by atoms with Crippen molar-refractivity contribution in [3.8, 4) is 67.5 Å². The zero-order valence-corrected chi connectivity index (χ0v) is 44.6. The first-order valence-corrected chi connectivity index (χ1v) is 25.8. The second kappa shape index (κ2) is 18.1. The van der Waals surface area contributed by atoms with Gasteiger partial charge in [-0.15, -0.1) is 42.4 Å². The number of para-hydroxylation sites is 3. The first-order chi connectivity index (χ1) is 37.4. The molecule has 13 aromatic rings. The van der Waals surface area contributed by atoms with Gasteiger partial charge in [-0.25, -0.2) is 9.97 Å². The van der Waals surface area contributed by atoms with Crippen molar-refractivity contribution in [3.63, 3.8) is 0 Å². The molecular weight excluding hydrogens is 1120 g/mol. The molecule has 0 fully saturated rings. The van der Waals surface area contributed by atoms with E-state index in [0.29, 0.717) is 11.5 Å². The van der Waals surface area contributed by atoms with E-state index >= 15 is 0 Å². The summed E-state index contributed by atoms with van der Waals surface area (Å²) in [5.74, 6) is 2.71. The second-order valence-corrected chi connectivity index (χ2v) is 20.7. The molecule has 4 aromatic heterocycles. The number of pyridine rings is 2. The van der Waals surface area contributed by atoms with Crippen molar-refractivity contribution in [2.75, 3.05) is 9.80 Å². The minimum absolute atomic E-state index is 0. The molecule has 0 unspecified atom stereocenters. The minimum Gasteiger partial charge on any atom is -0.509 e. The Morgan fingerprint density at radius 2 is 1.16 bits per heavy atom. The molecule has 8 heteroatoms. The molecule has 9 aromatic carbocycles. The molecule has 0 amide bonds. The summed E-state index contributed by atoms with van der Waals surface area (Å²) in [6, 6.07) is 82.8. The van der Waals surface area contributed by atoms with Gasteiger partial charge in [-0.05, 0) is 81.1 Å². The van der Waals surface area contributed by atoms with Gasteiger partial charge in [0.2, 0.25) is 0 Å². The van der Waals surface area contributed by atoms with E-state index in [1.807, 2.05) is 36.7 Å². The van der Waals surface area contributed by atoms with E-state index < -0.39 is 0 Å². The van der Waals surface area contributed by atoms with Crippen LogP contribution in [0.3, 0.4) is 0 Å². The van der Waals surface area contributed by atoms with Crippen LogP contribution < -0.4 is 14.5 Å². The molecule has 7 nitrogen and oxygen atoms in total. The smallest absolute Gasteiger partial charge is 0.135 e. The quantitative estimate of drug-likeness (QED) is 0.149. The Morgan fingerprint density at radius 3 is 1.95 bits per heavy atom. The van der Waals surface area contributed by atoms with E-state index in [9.17, 15) is 0 Å². The van der Waals surface area contributed by atoms with Gasteiger partial charge in [0.25, 0.3) is 0 Å². The Balaban J connectivity index is 0.00000540. The number of hydrogen-bond acceptors (Lipinski definition) is 5. The number of aromatic nitrogens is 4. The number of fused-ring (bicyclic) bond motifs is 13. The zero-order valence-electron chi connectivity index (χ0n) is 42.3. The van der Waals surface area contributed by atoms with Crippen LogP contribution >= 0.6 is 0 Å². The van der Waals surface area contributed by atoms with Crippen molar-refractivity contribution in [2.24, 2.45) is 0 Å². The topological polar surface area (TPSA) is 51.4 Å². The van der Waals surface area contributed by atoms with E-state index in [1.165, 1.54) is 44.1 Å². The van der Waals surface area contributed by atoms with Crippen LogP contribution in [-0.2, 0) is 26.5 Å². The summed E-state index contributed by atoms with van der Waals surface area (Å²) in [6.45, 7) is 8.86. The number of benzene rings is 9. The first kappa shape index (κ1) is 46.5. The maximum atomic E-state index is 6.89. The summed E-state index contributed by atoms with van der Waals surface area (Å²) in [5, 5.41) is 4.65. The van der Waals surface area contributed by atoms with Crippen LogP contribution in [0.5, 0.6) is 11.5 Å². The van der Waals surface area contributed by atoms with Gasteiger partial charge in [0.15, 0.2) is 0 Å². The molecule has 372 valence electrons. The second-order valence-electron chi connectivity index (χ2n) is 20.7. The van der Waals surface area contributed by atoms with Crippen molar-refractivity contribution in [1.29, 1.82) is 0 Å². The number of ether oxygens (including phenoxy) is 1. The van der Waals surface area contributed by atoms with Crippen LogP contribution in [0.4, 0.5) is 22.9 Å². The van der Waals surface area contributed by atoms with Crippen molar-refractivity contribution >= 4 is 66.5 Å². The van der Waals surface area contributed by atoms with E-state index in [0.717, 1.165) is 84.0 Å². The van der Waals surface area contributed by atoms with E-state index in [4.69, 9.17) is 14.7 Å². The van der Waals surface area contributed by atoms with Crippen molar-refractivity contribution in [3.05, 3.63) is 249 Å². The molecule has 0 spiro atoms. The molecule has 0 bridgehead atoms. The predicted molar refractivity (Wildman–Crippen MR) is 310 cm³/mol. The molecule has 0 saturated heterocycles. The molecule has 2 aliphatic rings. The Morgan fingerprint density at radius 1 is 0.481 bits per heavy atom. The maximum absolute atomic E-state index is 6.89. The third kappa shape index (κ3) is 7.36. The monoisotopic (exact) mass is 1170 g/mol. The van der Waals surface area contributed by atoms with Gasteiger partial charge in [-0.2, -0.15) is 12.1 Å². The molecule has 0 atom stereocenters. The number of hydrogen-bond donors (Lipinski definition) is 0. The SMILES string of the molecule is CC(C)(C)c1ccnc(-n2c3[c-]c(Oc4[c-]c(N5[CH-]N(c6c(-c7ccccc7)cccc6-c6ccccc6)c6cccnc65)ccc4)ccc3c3c4c(ccc32)-n2c3ccccc3c3cccc(c32)-c2ccccc2-4)c1.[Pt]. The van der Waals surface area contributed by atoms with Crippen LogP contribution in [0, 0.1) is 18.8 Å². The summed E-state index contributed by atoms with van der Waals surface area (Å²) in [4.78, 5) is 14.4. The third-order valence-electron chi connectivity index (χ3n) is 15.2. The average molecular weight is 1170 g/mol. The van der Waals surface area contributed by atoms with Crippen LogP contribution in [0.2, 0.25) is 0 Å². The fraction of sp³-hybridized carbons (Fsp3) is 0.0580. The van der Waals surface area contributed by atoms with Crippen LogP contribution in [0.25, 0.3) is 99.6 Å². The molecule has 0 saturated carbocycles. The zero-order chi connectivity index (χ0) is 50.6. The summed E-state index contributed by atoms with van der Waals surface area (Å²) in [5.41, 5.74) is 18.5. The number of rotatable bonds is 7. The first-order valence-electron chi connectivity index (χ1n) is 25.8. The molecule has 0 aliphatic carbocycles. The predicted octanol–water partition coefficient (Wildman–Crippen LogP) is 17.7.